The Labute approximate surface area is 99.6 Å². The first-order valence-corrected chi connectivity index (χ1v) is 7.07. The second-order valence-electron chi connectivity index (χ2n) is 4.46. The van der Waals surface area contributed by atoms with E-state index < -0.39 is 21.4 Å². The van der Waals surface area contributed by atoms with E-state index in [2.05, 4.69) is 0 Å². The molecule has 6 heteroatoms. The maximum Gasteiger partial charge on any atom is 0.152 e. The van der Waals surface area contributed by atoms with Gasteiger partial charge < -0.3 is 9.52 Å². The van der Waals surface area contributed by atoms with Crippen LogP contribution in [0.25, 0.3) is 0 Å². The molecule has 2 atom stereocenters. The molecule has 0 bridgehead atoms. The van der Waals surface area contributed by atoms with Crippen LogP contribution in [0.15, 0.2) is 16.5 Å². The van der Waals surface area contributed by atoms with E-state index in [1.807, 2.05) is 6.07 Å². The molecule has 92 valence electrons. The number of rotatable bonds is 2. The molecule has 2 heterocycles. The first kappa shape index (κ1) is 12.1. The number of nitriles is 1. The Morgan fingerprint density at radius 2 is 2.29 bits per heavy atom. The molecule has 0 spiro atoms. The molecule has 0 radical (unpaired) electrons. The van der Waals surface area contributed by atoms with Crippen molar-refractivity contribution >= 4 is 9.84 Å². The van der Waals surface area contributed by atoms with Gasteiger partial charge in [-0.1, -0.05) is 0 Å². The van der Waals surface area contributed by atoms with Gasteiger partial charge in [0.25, 0.3) is 0 Å². The van der Waals surface area contributed by atoms with E-state index in [9.17, 15) is 18.8 Å². The summed E-state index contributed by atoms with van der Waals surface area (Å²) in [7, 11) is -3.24. The first-order chi connectivity index (χ1) is 7.88. The molecule has 0 aromatic carbocycles. The Morgan fingerprint density at radius 3 is 2.71 bits per heavy atom. The monoisotopic (exact) mass is 255 g/mol. The summed E-state index contributed by atoms with van der Waals surface area (Å²) in [5, 5.41) is 19.3. The predicted molar refractivity (Wildman–Crippen MR) is 59.7 cm³/mol. The smallest absolute Gasteiger partial charge is 0.152 e. The average molecular weight is 255 g/mol. The predicted octanol–water partition coefficient (Wildman–Crippen LogP) is 0.950. The zero-order valence-electron chi connectivity index (χ0n) is 9.38. The van der Waals surface area contributed by atoms with Crippen molar-refractivity contribution in [2.45, 2.75) is 19.4 Å². The van der Waals surface area contributed by atoms with Crippen LogP contribution in [0, 0.1) is 23.7 Å². The average Bonchev–Trinajstić information content (AvgIpc) is 2.82. The molecule has 1 aliphatic rings. The Morgan fingerprint density at radius 1 is 1.59 bits per heavy atom. The lowest BCUT2D eigenvalue weighted by Gasteiger charge is -2.23. The van der Waals surface area contributed by atoms with Gasteiger partial charge >= 0.3 is 0 Å². The number of aliphatic hydroxyl groups excluding tert-OH is 1. The number of aryl methyl sites for hydroxylation is 1. The maximum atomic E-state index is 11.5. The van der Waals surface area contributed by atoms with Crippen molar-refractivity contribution in [1.29, 1.82) is 5.26 Å². The summed E-state index contributed by atoms with van der Waals surface area (Å²) >= 11 is 0. The Balaban J connectivity index is 2.35. The summed E-state index contributed by atoms with van der Waals surface area (Å²) in [6, 6.07) is 5.20. The van der Waals surface area contributed by atoms with Gasteiger partial charge in [0.2, 0.25) is 0 Å². The van der Waals surface area contributed by atoms with Crippen molar-refractivity contribution in [3.8, 4) is 6.07 Å². The molecule has 5 nitrogen and oxygen atoms in total. The Hall–Kier alpha value is -1.32. The summed E-state index contributed by atoms with van der Waals surface area (Å²) in [5.41, 5.74) is -1.27. The number of nitrogens with zero attached hydrogens (tertiary/aromatic N) is 1. The van der Waals surface area contributed by atoms with Gasteiger partial charge in [0.1, 0.15) is 23.0 Å². The van der Waals surface area contributed by atoms with Gasteiger partial charge in [-0.2, -0.15) is 5.26 Å². The molecule has 0 amide bonds. The summed E-state index contributed by atoms with van der Waals surface area (Å²) < 4.78 is 28.2. The number of hydrogen-bond acceptors (Lipinski definition) is 5. The van der Waals surface area contributed by atoms with E-state index >= 15 is 0 Å². The van der Waals surface area contributed by atoms with Gasteiger partial charge in [-0.3, -0.25) is 0 Å². The van der Waals surface area contributed by atoms with Crippen LogP contribution in [0.5, 0.6) is 0 Å². The quantitative estimate of drug-likeness (QED) is 0.849. The van der Waals surface area contributed by atoms with Crippen LogP contribution < -0.4 is 0 Å². The van der Waals surface area contributed by atoms with Crippen LogP contribution in [-0.2, 0) is 9.84 Å². The van der Waals surface area contributed by atoms with Gasteiger partial charge in [-0.05, 0) is 25.5 Å². The lowest BCUT2D eigenvalue weighted by atomic mass is 9.82. The number of aliphatic hydroxyl groups is 1. The van der Waals surface area contributed by atoms with Gasteiger partial charge in [-0.25, -0.2) is 8.42 Å². The Bertz CT molecular complexity index is 569. The topological polar surface area (TPSA) is 91.3 Å². The summed E-state index contributed by atoms with van der Waals surface area (Å²) in [4.78, 5) is 0. The van der Waals surface area contributed by atoms with Crippen molar-refractivity contribution < 1.29 is 17.9 Å². The van der Waals surface area contributed by atoms with Crippen molar-refractivity contribution in [3.05, 3.63) is 23.7 Å². The molecular formula is C11H13NO4S. The lowest BCUT2D eigenvalue weighted by Crippen LogP contribution is -2.28. The molecule has 2 unspecified atom stereocenters. The second-order valence-corrected chi connectivity index (χ2v) is 6.64. The Kier molecular flexibility index (Phi) is 2.76. The largest absolute Gasteiger partial charge is 0.464 e. The summed E-state index contributed by atoms with van der Waals surface area (Å²) in [6.07, 6.45) is -1.05. The highest BCUT2D eigenvalue weighted by Crippen LogP contribution is 2.43. The molecule has 1 aliphatic heterocycles. The fraction of sp³-hybridized carbons (Fsp3) is 0.545. The van der Waals surface area contributed by atoms with E-state index in [1.165, 1.54) is 0 Å². The molecule has 17 heavy (non-hydrogen) atoms. The normalized spacial score (nSPS) is 28.8. The molecule has 0 aliphatic carbocycles. The molecule has 1 saturated heterocycles. The van der Waals surface area contributed by atoms with Crippen molar-refractivity contribution in [1.82, 2.24) is 0 Å². The zero-order valence-corrected chi connectivity index (χ0v) is 10.2. The van der Waals surface area contributed by atoms with Gasteiger partial charge in [0, 0.05) is 0 Å². The van der Waals surface area contributed by atoms with E-state index in [4.69, 9.17) is 4.42 Å². The van der Waals surface area contributed by atoms with Gasteiger partial charge in [0.15, 0.2) is 9.84 Å². The van der Waals surface area contributed by atoms with Gasteiger partial charge in [-0.15, -0.1) is 0 Å². The van der Waals surface area contributed by atoms with Crippen LogP contribution in [0.1, 0.15) is 24.0 Å². The summed E-state index contributed by atoms with van der Waals surface area (Å²) in [6.45, 7) is 1.72. The molecule has 1 fully saturated rings. The third-order valence-corrected chi connectivity index (χ3v) is 4.89. The first-order valence-electron chi connectivity index (χ1n) is 5.25. The molecule has 2 rings (SSSR count). The minimum Gasteiger partial charge on any atom is -0.464 e. The standard InChI is InChI=1S/C11H13NO4S/c1-8-2-3-9(16-8)10(13)11(6-12)4-5-17(14,15)7-11/h2-3,10,13H,4-5,7H2,1H3. The minimum atomic E-state index is -3.24. The highest BCUT2D eigenvalue weighted by Gasteiger charge is 2.49. The van der Waals surface area contributed by atoms with Crippen LogP contribution in [0.4, 0.5) is 0 Å². The SMILES string of the molecule is Cc1ccc(C(O)C2(C#N)CCS(=O)(=O)C2)o1. The molecular weight excluding hydrogens is 242 g/mol. The fourth-order valence-corrected chi connectivity index (χ4v) is 4.08. The number of sulfone groups is 1. The summed E-state index contributed by atoms with van der Waals surface area (Å²) in [5.74, 6) is 0.503. The third-order valence-electron chi connectivity index (χ3n) is 3.11. The molecule has 0 saturated carbocycles. The van der Waals surface area contributed by atoms with Crippen LogP contribution >= 0.6 is 0 Å². The minimum absolute atomic E-state index is 0.0582. The van der Waals surface area contributed by atoms with Crippen LogP contribution in [0.2, 0.25) is 0 Å². The second kappa shape index (κ2) is 3.86. The maximum absolute atomic E-state index is 11.5. The van der Waals surface area contributed by atoms with E-state index in [0.717, 1.165) is 0 Å². The van der Waals surface area contributed by atoms with Gasteiger partial charge in [0.05, 0.1) is 17.6 Å². The van der Waals surface area contributed by atoms with E-state index in [-0.39, 0.29) is 23.7 Å². The molecule has 1 aromatic rings. The molecule has 1 N–H and O–H groups in total. The zero-order chi connectivity index (χ0) is 12.7. The van der Waals surface area contributed by atoms with E-state index in [1.54, 1.807) is 19.1 Å². The highest BCUT2D eigenvalue weighted by atomic mass is 32.2. The number of furan rings is 1. The van der Waals surface area contributed by atoms with Crippen molar-refractivity contribution in [2.75, 3.05) is 11.5 Å². The van der Waals surface area contributed by atoms with E-state index in [0.29, 0.717) is 5.76 Å². The highest BCUT2D eigenvalue weighted by molar-refractivity contribution is 7.91. The third kappa shape index (κ3) is 2.08. The fourth-order valence-electron chi connectivity index (χ4n) is 2.11. The van der Waals surface area contributed by atoms with Crippen molar-refractivity contribution in [3.63, 3.8) is 0 Å². The lowest BCUT2D eigenvalue weighted by molar-refractivity contribution is 0.0582. The van der Waals surface area contributed by atoms with Crippen LogP contribution in [0.3, 0.4) is 0 Å². The number of hydrogen-bond donors (Lipinski definition) is 1. The van der Waals surface area contributed by atoms with Crippen molar-refractivity contribution in [2.24, 2.45) is 5.41 Å². The van der Waals surface area contributed by atoms with Crippen LogP contribution in [-0.4, -0.2) is 25.0 Å². The molecule has 1 aromatic heterocycles.